The van der Waals surface area contributed by atoms with E-state index in [1.807, 2.05) is 19.0 Å². The van der Waals surface area contributed by atoms with Gasteiger partial charge in [-0.25, -0.2) is 0 Å². The molecule has 0 spiro atoms. The molecule has 0 aliphatic rings. The number of nitrogens with one attached hydrogen (secondary N) is 2. The number of rotatable bonds is 10. The number of carboxylic acid groups (broad SMARTS) is 1. The van der Waals surface area contributed by atoms with Crippen molar-refractivity contribution in [2.75, 3.05) is 27.2 Å². The van der Waals surface area contributed by atoms with Crippen LogP contribution in [-0.4, -0.2) is 61.0 Å². The lowest BCUT2D eigenvalue weighted by Gasteiger charge is -2.23. The van der Waals surface area contributed by atoms with Crippen molar-refractivity contribution < 1.29 is 19.5 Å². The maximum absolute atomic E-state index is 11.9. The fourth-order valence-corrected chi connectivity index (χ4v) is 1.76. The molecule has 0 radical (unpaired) electrons. The number of carbonyl (C=O) groups is 3. The van der Waals surface area contributed by atoms with E-state index < -0.39 is 5.97 Å². The number of amides is 2. The summed E-state index contributed by atoms with van der Waals surface area (Å²) >= 11 is 0. The second-order valence-electron chi connectivity index (χ2n) is 4.89. The van der Waals surface area contributed by atoms with Gasteiger partial charge in [0.15, 0.2) is 0 Å². The summed E-state index contributed by atoms with van der Waals surface area (Å²) in [6, 6.07) is -0.277. The smallest absolute Gasteiger partial charge is 0.305 e. The topological polar surface area (TPSA) is 98.7 Å². The van der Waals surface area contributed by atoms with Crippen LogP contribution in [0.15, 0.2) is 0 Å². The number of carboxylic acids is 1. The quantitative estimate of drug-likeness (QED) is 0.294. The Morgan fingerprint density at radius 1 is 1.10 bits per heavy atom. The summed E-state index contributed by atoms with van der Waals surface area (Å²) in [6.07, 6.45) is 2.22. The van der Waals surface area contributed by atoms with Crippen LogP contribution < -0.4 is 10.6 Å². The van der Waals surface area contributed by atoms with Crippen molar-refractivity contribution in [2.45, 2.75) is 38.6 Å². The molecule has 0 aromatic rings. The fourth-order valence-electron chi connectivity index (χ4n) is 1.76. The van der Waals surface area contributed by atoms with E-state index in [0.29, 0.717) is 13.0 Å². The highest BCUT2D eigenvalue weighted by molar-refractivity contribution is 5.82. The number of carbonyl (C=O) groups excluding carboxylic acids is 2. The lowest BCUT2D eigenvalue weighted by Crippen LogP contribution is -2.44. The van der Waals surface area contributed by atoms with Crippen LogP contribution in [0, 0.1) is 0 Å². The van der Waals surface area contributed by atoms with E-state index in [1.54, 1.807) is 0 Å². The largest absolute Gasteiger partial charge is 0.481 e. The van der Waals surface area contributed by atoms with E-state index in [0.717, 1.165) is 12.8 Å². The van der Waals surface area contributed by atoms with Crippen molar-refractivity contribution in [3.8, 4) is 0 Å². The third kappa shape index (κ3) is 9.32. The van der Waals surface area contributed by atoms with Crippen molar-refractivity contribution in [1.82, 2.24) is 15.5 Å². The Kier molecular flexibility index (Phi) is 9.36. The Balaban J connectivity index is 3.99. The van der Waals surface area contributed by atoms with Gasteiger partial charge in [-0.2, -0.15) is 0 Å². The minimum Gasteiger partial charge on any atom is -0.481 e. The number of nitrogens with zero attached hydrogens (tertiary/aromatic N) is 1. The predicted octanol–water partition coefficient (Wildman–Crippen LogP) is -0.186. The highest BCUT2D eigenvalue weighted by Crippen LogP contribution is 2.06. The van der Waals surface area contributed by atoms with Crippen LogP contribution in [0.2, 0.25) is 0 Å². The molecule has 0 saturated heterocycles. The van der Waals surface area contributed by atoms with Gasteiger partial charge in [0.1, 0.15) is 0 Å². The molecule has 0 rings (SSSR count). The van der Waals surface area contributed by atoms with Crippen molar-refractivity contribution in [3.05, 3.63) is 0 Å². The van der Waals surface area contributed by atoms with Crippen LogP contribution in [-0.2, 0) is 14.4 Å². The summed E-state index contributed by atoms with van der Waals surface area (Å²) in [6.45, 7) is 2.22. The molecule has 0 aliphatic carbocycles. The first-order chi connectivity index (χ1) is 9.34. The molecule has 0 aromatic heterocycles. The van der Waals surface area contributed by atoms with E-state index in [2.05, 4.69) is 10.6 Å². The average molecular weight is 292 g/mol. The Labute approximate surface area is 119 Å². The van der Waals surface area contributed by atoms with E-state index in [4.69, 9.17) is 5.11 Å². The second kappa shape index (κ2) is 10.2. The molecular weight excluding hydrogens is 267 g/mol. The Morgan fingerprint density at radius 3 is 2.25 bits per heavy atom. The van der Waals surface area contributed by atoms with Gasteiger partial charge in [-0.15, -0.1) is 0 Å². The van der Waals surface area contributed by atoms with Gasteiger partial charge in [0.05, 0.1) is 12.5 Å². The SMILES string of the molecule is CC(=O)[15NH][13CH2][13CH2]CCC(C(=O)NCCC(=O)O)N([13CH3])[13CH3]. The van der Waals surface area contributed by atoms with Crippen molar-refractivity contribution >= 4 is 17.8 Å². The molecule has 1 unspecified atom stereocenters. The minimum absolute atomic E-state index is 0.0550. The zero-order valence-electron chi connectivity index (χ0n) is 12.4. The maximum atomic E-state index is 11.9. The van der Waals surface area contributed by atoms with Crippen molar-refractivity contribution in [2.24, 2.45) is 0 Å². The molecule has 0 saturated carbocycles. The maximum Gasteiger partial charge on any atom is 0.305 e. The summed E-state index contributed by atoms with van der Waals surface area (Å²) in [5, 5.41) is 13.9. The number of hydrogen-bond acceptors (Lipinski definition) is 4. The van der Waals surface area contributed by atoms with Crippen molar-refractivity contribution in [1.29, 1.82) is 0 Å². The van der Waals surface area contributed by atoms with Crippen LogP contribution in [0.5, 0.6) is 0 Å². The highest BCUT2D eigenvalue weighted by Gasteiger charge is 2.19. The molecule has 20 heavy (non-hydrogen) atoms. The first-order valence-electron chi connectivity index (χ1n) is 6.75. The summed E-state index contributed by atoms with van der Waals surface area (Å²) in [4.78, 5) is 34.8. The molecule has 2 amide bonds. The van der Waals surface area contributed by atoms with Crippen LogP contribution in [0.3, 0.4) is 0 Å². The number of aliphatic carboxylic acids is 1. The van der Waals surface area contributed by atoms with Gasteiger partial charge in [0.25, 0.3) is 0 Å². The first-order valence-corrected chi connectivity index (χ1v) is 6.75. The van der Waals surface area contributed by atoms with Gasteiger partial charge in [-0.3, -0.25) is 19.3 Å². The molecule has 0 heterocycles. The van der Waals surface area contributed by atoms with E-state index in [-0.39, 0.29) is 30.8 Å². The molecule has 7 nitrogen and oxygen atoms in total. The zero-order chi connectivity index (χ0) is 15.5. The van der Waals surface area contributed by atoms with Gasteiger partial charge in [0.2, 0.25) is 11.8 Å². The average Bonchev–Trinajstić information content (AvgIpc) is 2.32. The van der Waals surface area contributed by atoms with E-state index in [9.17, 15) is 14.4 Å². The van der Waals surface area contributed by atoms with Crippen molar-refractivity contribution in [3.63, 3.8) is 0 Å². The molecule has 1 atom stereocenters. The van der Waals surface area contributed by atoms with Gasteiger partial charge in [-0.05, 0) is 33.4 Å². The first kappa shape index (κ1) is 18.4. The van der Waals surface area contributed by atoms with Crippen LogP contribution >= 0.6 is 0 Å². The molecule has 7 heteroatoms. The minimum atomic E-state index is -0.929. The van der Waals surface area contributed by atoms with E-state index in [1.165, 1.54) is 6.92 Å². The van der Waals surface area contributed by atoms with Gasteiger partial charge < -0.3 is 15.7 Å². The normalized spacial score (nSPS) is 12.0. The molecular formula is C13H25N3O4. The lowest BCUT2D eigenvalue weighted by atomic mass is 10.1. The molecule has 0 bridgehead atoms. The monoisotopic (exact) mass is 292 g/mol. The third-order valence-corrected chi connectivity index (χ3v) is 2.84. The number of hydrogen-bond donors (Lipinski definition) is 3. The third-order valence-electron chi connectivity index (χ3n) is 2.84. The molecule has 116 valence electrons. The highest BCUT2D eigenvalue weighted by atomic mass is 16.4. The Morgan fingerprint density at radius 2 is 1.75 bits per heavy atom. The summed E-state index contributed by atoms with van der Waals surface area (Å²) in [5.41, 5.74) is 0. The van der Waals surface area contributed by atoms with Gasteiger partial charge in [-0.1, -0.05) is 0 Å². The van der Waals surface area contributed by atoms with Crippen LogP contribution in [0.4, 0.5) is 0 Å². The second-order valence-corrected chi connectivity index (χ2v) is 4.89. The molecule has 3 N–H and O–H groups in total. The number of unbranched alkanes of at least 4 members (excludes halogenated alkanes) is 1. The van der Waals surface area contributed by atoms with Gasteiger partial charge >= 0.3 is 5.97 Å². The van der Waals surface area contributed by atoms with Crippen LogP contribution in [0.25, 0.3) is 0 Å². The molecule has 0 aromatic carbocycles. The van der Waals surface area contributed by atoms with Gasteiger partial charge in [0, 0.05) is 20.0 Å². The van der Waals surface area contributed by atoms with Crippen LogP contribution in [0.1, 0.15) is 32.6 Å². The summed E-state index contributed by atoms with van der Waals surface area (Å²) in [5.74, 6) is -1.14. The zero-order valence-corrected chi connectivity index (χ0v) is 12.4. The Hall–Kier alpha value is -1.63. The van der Waals surface area contributed by atoms with E-state index >= 15 is 0 Å². The summed E-state index contributed by atoms with van der Waals surface area (Å²) < 4.78 is 0. The predicted molar refractivity (Wildman–Crippen MR) is 75.3 cm³/mol. The fraction of sp³-hybridized carbons (Fsp3) is 0.769. The molecule has 0 aliphatic heterocycles. The molecule has 0 fully saturated rings. The lowest BCUT2D eigenvalue weighted by molar-refractivity contribution is -0.137. The number of likely N-dealkylation sites (N-methyl/N-ethyl adjacent to an activating group) is 1. The standard InChI is InChI=1S/C13H25N3O4/c1-10(17)14-8-5-4-6-11(16(2)3)13(20)15-9-7-12(18)19/h11H,4-9H2,1-3H3,(H,14,17)(H,15,20)(H,18,19)/i2+1,3+1,5+1,8+1,14+1. The summed E-state index contributed by atoms with van der Waals surface area (Å²) in [7, 11) is 3.63. The Bertz CT molecular complexity index is 332.